The van der Waals surface area contributed by atoms with E-state index in [1.165, 1.54) is 42.2 Å². The summed E-state index contributed by atoms with van der Waals surface area (Å²) in [5.74, 6) is -1.06. The molecule has 2 rings (SSSR count). The van der Waals surface area contributed by atoms with Crippen LogP contribution in [0.15, 0.2) is 30.6 Å². The monoisotopic (exact) mass is 274 g/mol. The van der Waals surface area contributed by atoms with Gasteiger partial charge in [0.15, 0.2) is 5.78 Å². The largest absolute Gasteiger partial charge is 0.366 e. The van der Waals surface area contributed by atoms with Gasteiger partial charge in [0, 0.05) is 12.3 Å². The van der Waals surface area contributed by atoms with Crippen molar-refractivity contribution < 1.29 is 14.5 Å². The number of aromatic nitrogens is 2. The first-order valence-corrected chi connectivity index (χ1v) is 5.54. The second-order valence-electron chi connectivity index (χ2n) is 4.05. The number of rotatable bonds is 4. The van der Waals surface area contributed by atoms with Crippen LogP contribution >= 0.6 is 0 Å². The number of nitrogens with zero attached hydrogens (tertiary/aromatic N) is 3. The summed E-state index contributed by atoms with van der Waals surface area (Å²) in [5.41, 5.74) is 5.44. The van der Waals surface area contributed by atoms with E-state index in [9.17, 15) is 19.7 Å². The Morgan fingerprint density at radius 1 is 1.40 bits per heavy atom. The van der Waals surface area contributed by atoms with Gasteiger partial charge in [-0.25, -0.2) is 4.68 Å². The lowest BCUT2D eigenvalue weighted by Gasteiger charge is -2.04. The van der Waals surface area contributed by atoms with Crippen molar-refractivity contribution in [2.75, 3.05) is 0 Å². The highest BCUT2D eigenvalue weighted by Gasteiger charge is 2.18. The number of nitro benzene ring substituents is 1. The lowest BCUT2D eigenvalue weighted by molar-refractivity contribution is -0.385. The summed E-state index contributed by atoms with van der Waals surface area (Å²) in [4.78, 5) is 32.7. The summed E-state index contributed by atoms with van der Waals surface area (Å²) in [6.45, 7) is 1.24. The summed E-state index contributed by atoms with van der Waals surface area (Å²) in [5, 5.41) is 14.8. The second kappa shape index (κ2) is 4.92. The van der Waals surface area contributed by atoms with Crippen LogP contribution in [-0.4, -0.2) is 26.4 Å². The van der Waals surface area contributed by atoms with Crippen LogP contribution in [0.3, 0.4) is 0 Å². The number of primary amides is 1. The van der Waals surface area contributed by atoms with E-state index in [1.54, 1.807) is 0 Å². The highest BCUT2D eigenvalue weighted by atomic mass is 16.6. The Bertz CT molecular complexity index is 720. The number of hydrogen-bond donors (Lipinski definition) is 1. The highest BCUT2D eigenvalue weighted by Crippen LogP contribution is 2.22. The lowest BCUT2D eigenvalue weighted by atomic mass is 10.1. The molecule has 8 heteroatoms. The lowest BCUT2D eigenvalue weighted by Crippen LogP contribution is -2.09. The molecule has 8 nitrogen and oxygen atoms in total. The van der Waals surface area contributed by atoms with Gasteiger partial charge in [-0.3, -0.25) is 19.7 Å². The van der Waals surface area contributed by atoms with E-state index in [2.05, 4.69) is 5.10 Å². The molecule has 1 aromatic carbocycles. The topological polar surface area (TPSA) is 121 Å². The Kier molecular flexibility index (Phi) is 3.30. The Hall–Kier alpha value is -3.03. The number of ketones is 1. The normalized spacial score (nSPS) is 10.2. The van der Waals surface area contributed by atoms with Crippen LogP contribution < -0.4 is 5.73 Å². The molecule has 0 aliphatic rings. The van der Waals surface area contributed by atoms with Crippen LogP contribution in [-0.2, 0) is 0 Å². The Morgan fingerprint density at radius 3 is 2.60 bits per heavy atom. The molecule has 0 unspecified atom stereocenters. The molecule has 0 saturated heterocycles. The zero-order chi connectivity index (χ0) is 14.9. The van der Waals surface area contributed by atoms with Gasteiger partial charge in [0.25, 0.3) is 11.6 Å². The number of nitro groups is 1. The van der Waals surface area contributed by atoms with Gasteiger partial charge >= 0.3 is 0 Å². The molecule has 1 aromatic heterocycles. The minimum atomic E-state index is -0.634. The predicted molar refractivity (Wildman–Crippen MR) is 68.7 cm³/mol. The van der Waals surface area contributed by atoms with Gasteiger partial charge in [-0.2, -0.15) is 5.10 Å². The Labute approximate surface area is 113 Å². The number of hydrogen-bond acceptors (Lipinski definition) is 5. The first-order valence-electron chi connectivity index (χ1n) is 5.54. The van der Waals surface area contributed by atoms with Crippen LogP contribution in [0.1, 0.15) is 27.6 Å². The van der Waals surface area contributed by atoms with Gasteiger partial charge in [0.2, 0.25) is 0 Å². The van der Waals surface area contributed by atoms with Crippen molar-refractivity contribution in [3.8, 4) is 5.69 Å². The highest BCUT2D eigenvalue weighted by molar-refractivity contribution is 5.98. The first-order chi connectivity index (χ1) is 9.40. The second-order valence-corrected chi connectivity index (χ2v) is 4.05. The van der Waals surface area contributed by atoms with Crippen LogP contribution in [0, 0.1) is 10.1 Å². The van der Waals surface area contributed by atoms with E-state index in [0.29, 0.717) is 5.69 Å². The van der Waals surface area contributed by atoms with E-state index < -0.39 is 16.6 Å². The molecule has 102 valence electrons. The zero-order valence-corrected chi connectivity index (χ0v) is 10.4. The maximum Gasteiger partial charge on any atom is 0.280 e. The van der Waals surface area contributed by atoms with Crippen molar-refractivity contribution in [1.29, 1.82) is 0 Å². The average Bonchev–Trinajstić information content (AvgIpc) is 2.87. The van der Waals surface area contributed by atoms with E-state index in [1.807, 2.05) is 0 Å². The van der Waals surface area contributed by atoms with Crippen molar-refractivity contribution in [1.82, 2.24) is 9.78 Å². The van der Waals surface area contributed by atoms with E-state index in [4.69, 9.17) is 5.73 Å². The van der Waals surface area contributed by atoms with E-state index >= 15 is 0 Å². The molecule has 0 bridgehead atoms. The summed E-state index contributed by atoms with van der Waals surface area (Å²) < 4.78 is 1.32. The molecule has 0 aliphatic carbocycles. The number of amides is 1. The number of nitrogens with two attached hydrogens (primary N) is 1. The smallest absolute Gasteiger partial charge is 0.280 e. The predicted octanol–water partition coefficient (Wildman–Crippen LogP) is 1.08. The quantitative estimate of drug-likeness (QED) is 0.508. The van der Waals surface area contributed by atoms with E-state index in [-0.39, 0.29) is 16.8 Å². The zero-order valence-electron chi connectivity index (χ0n) is 10.4. The number of Topliss-reactive ketones (excluding diaryl/α,β-unsaturated/α-hetero) is 1. The van der Waals surface area contributed by atoms with Crippen molar-refractivity contribution in [2.24, 2.45) is 5.73 Å². The van der Waals surface area contributed by atoms with Gasteiger partial charge in [0.1, 0.15) is 0 Å². The minimum Gasteiger partial charge on any atom is -0.366 e. The maximum absolute atomic E-state index is 11.5. The summed E-state index contributed by atoms with van der Waals surface area (Å²) in [6, 6.07) is 4.00. The minimum absolute atomic E-state index is 0.0244. The molecule has 0 atom stereocenters. The SMILES string of the molecule is CC(=O)c1cc(-n2cc(C(N)=O)cn2)ccc1[N+](=O)[O-]. The number of benzene rings is 1. The molecule has 0 radical (unpaired) electrons. The van der Waals surface area contributed by atoms with Crippen LogP contribution in [0.4, 0.5) is 5.69 Å². The standard InChI is InChI=1S/C12H10N4O4/c1-7(17)10-4-9(2-3-11(10)16(19)20)15-6-8(5-14-15)12(13)18/h2-6H,1H3,(H2,13,18). The molecule has 0 aliphatic heterocycles. The van der Waals surface area contributed by atoms with Crippen LogP contribution in [0.2, 0.25) is 0 Å². The van der Waals surface area contributed by atoms with Crippen molar-refractivity contribution in [3.05, 3.63) is 51.8 Å². The third-order valence-electron chi connectivity index (χ3n) is 2.69. The summed E-state index contributed by atoms with van der Waals surface area (Å²) in [7, 11) is 0. The molecule has 1 amide bonds. The Balaban J connectivity index is 2.52. The third-order valence-corrected chi connectivity index (χ3v) is 2.69. The molecule has 0 saturated carbocycles. The number of carbonyl (C=O) groups excluding carboxylic acids is 2. The molecule has 20 heavy (non-hydrogen) atoms. The fourth-order valence-electron chi connectivity index (χ4n) is 1.70. The molecular weight excluding hydrogens is 264 g/mol. The van der Waals surface area contributed by atoms with Crippen molar-refractivity contribution >= 4 is 17.4 Å². The first kappa shape index (κ1) is 13.4. The fourth-order valence-corrected chi connectivity index (χ4v) is 1.70. The molecule has 2 aromatic rings. The van der Waals surface area contributed by atoms with Gasteiger partial charge in [-0.15, -0.1) is 0 Å². The fraction of sp³-hybridized carbons (Fsp3) is 0.0833. The van der Waals surface area contributed by atoms with Crippen molar-refractivity contribution in [2.45, 2.75) is 6.92 Å². The molecule has 1 heterocycles. The van der Waals surface area contributed by atoms with Gasteiger partial charge in [0.05, 0.1) is 27.9 Å². The van der Waals surface area contributed by atoms with Crippen molar-refractivity contribution in [3.63, 3.8) is 0 Å². The maximum atomic E-state index is 11.5. The summed E-state index contributed by atoms with van der Waals surface area (Å²) >= 11 is 0. The average molecular weight is 274 g/mol. The third kappa shape index (κ3) is 2.39. The molecule has 0 fully saturated rings. The Morgan fingerprint density at radius 2 is 2.10 bits per heavy atom. The van der Waals surface area contributed by atoms with Gasteiger partial charge < -0.3 is 5.73 Å². The van der Waals surface area contributed by atoms with Crippen LogP contribution in [0.5, 0.6) is 0 Å². The molecule has 2 N–H and O–H groups in total. The molecule has 0 spiro atoms. The molecular formula is C12H10N4O4. The van der Waals surface area contributed by atoms with Gasteiger partial charge in [-0.1, -0.05) is 0 Å². The van der Waals surface area contributed by atoms with Gasteiger partial charge in [-0.05, 0) is 19.1 Å². The van der Waals surface area contributed by atoms with Crippen LogP contribution in [0.25, 0.3) is 5.69 Å². The summed E-state index contributed by atoms with van der Waals surface area (Å²) in [6.07, 6.45) is 2.66. The number of carbonyl (C=O) groups is 2. The van der Waals surface area contributed by atoms with E-state index in [0.717, 1.165) is 0 Å².